The van der Waals surface area contributed by atoms with Crippen molar-refractivity contribution in [3.63, 3.8) is 0 Å². The normalized spacial score (nSPS) is 15.2. The number of halogens is 4. The molecule has 2 amide bonds. The zero-order valence-electron chi connectivity index (χ0n) is 17.0. The molecule has 0 radical (unpaired) electrons. The third-order valence-electron chi connectivity index (χ3n) is 5.45. The number of hydrogen-bond acceptors (Lipinski definition) is 5. The summed E-state index contributed by atoms with van der Waals surface area (Å²) >= 11 is 12.6. The van der Waals surface area contributed by atoms with Gasteiger partial charge in [-0.15, -0.1) is 0 Å². The molecule has 3 N–H and O–H groups in total. The molecule has 2 aromatic rings. The maximum absolute atomic E-state index is 12.7. The van der Waals surface area contributed by atoms with Crippen molar-refractivity contribution in [2.75, 3.05) is 12.3 Å². The summed E-state index contributed by atoms with van der Waals surface area (Å²) in [6, 6.07) is 3.11. The highest BCUT2D eigenvalue weighted by atomic mass is 35.5. The smallest absolute Gasteiger partial charge is 0.318 e. The lowest BCUT2D eigenvalue weighted by molar-refractivity contribution is 0.186. The van der Waals surface area contributed by atoms with E-state index in [1.807, 2.05) is 0 Å². The van der Waals surface area contributed by atoms with Gasteiger partial charge in [0.15, 0.2) is 0 Å². The van der Waals surface area contributed by atoms with E-state index < -0.39 is 6.08 Å². The summed E-state index contributed by atoms with van der Waals surface area (Å²) in [5, 5.41) is 3.60. The quantitative estimate of drug-likeness (QED) is 0.553. The Labute approximate surface area is 193 Å². The van der Waals surface area contributed by atoms with E-state index in [9.17, 15) is 13.6 Å². The number of fused-ring (bicyclic) bond motifs is 1. The van der Waals surface area contributed by atoms with E-state index in [1.54, 1.807) is 11.0 Å². The number of carbonyl (C=O) groups excluding carboxylic acids is 1. The number of anilines is 1. The van der Waals surface area contributed by atoms with E-state index in [0.29, 0.717) is 27.5 Å². The Bertz CT molecular complexity index is 1070. The predicted octanol–water partition coefficient (Wildman–Crippen LogP) is 5.16. The predicted molar refractivity (Wildman–Crippen MR) is 118 cm³/mol. The van der Waals surface area contributed by atoms with Crippen LogP contribution in [0.1, 0.15) is 36.9 Å². The molecule has 0 unspecified atom stereocenters. The summed E-state index contributed by atoms with van der Waals surface area (Å²) in [5.41, 5.74) is 8.12. The number of benzene rings is 1. The van der Waals surface area contributed by atoms with Crippen molar-refractivity contribution >= 4 is 35.2 Å². The van der Waals surface area contributed by atoms with Gasteiger partial charge < -0.3 is 20.7 Å². The van der Waals surface area contributed by atoms with Gasteiger partial charge in [0.05, 0.1) is 41.7 Å². The van der Waals surface area contributed by atoms with E-state index in [2.05, 4.69) is 15.3 Å². The van der Waals surface area contributed by atoms with E-state index in [-0.39, 0.29) is 54.9 Å². The largest absolute Gasteiger partial charge is 0.492 e. The minimum absolute atomic E-state index is 0.00500. The summed E-state index contributed by atoms with van der Waals surface area (Å²) in [6.45, 7) is 0.549. The molecule has 0 spiro atoms. The second kappa shape index (κ2) is 9.46. The maximum Gasteiger partial charge on any atom is 0.318 e. The molecule has 0 atom stereocenters. The van der Waals surface area contributed by atoms with Gasteiger partial charge in [0.25, 0.3) is 6.08 Å². The summed E-state index contributed by atoms with van der Waals surface area (Å²) < 4.78 is 30.4. The van der Waals surface area contributed by atoms with Crippen LogP contribution in [0.25, 0.3) is 11.3 Å². The number of hydrogen-bond donors (Lipinski definition) is 2. The fourth-order valence-electron chi connectivity index (χ4n) is 3.67. The lowest BCUT2D eigenvalue weighted by atomic mass is 9.93. The van der Waals surface area contributed by atoms with Gasteiger partial charge in [-0.05, 0) is 37.5 Å². The van der Waals surface area contributed by atoms with Crippen molar-refractivity contribution in [3.8, 4) is 17.0 Å². The Morgan fingerprint density at radius 2 is 2.06 bits per heavy atom. The number of nitrogens with zero attached hydrogens (tertiary/aromatic N) is 3. The van der Waals surface area contributed by atoms with Crippen LogP contribution in [-0.2, 0) is 13.1 Å². The summed E-state index contributed by atoms with van der Waals surface area (Å²) in [5.74, 6) is 0.312. The lowest BCUT2D eigenvalue weighted by Crippen LogP contribution is -2.45. The molecule has 4 rings (SSSR count). The monoisotopic (exact) mass is 483 g/mol. The highest BCUT2D eigenvalue weighted by Gasteiger charge is 2.32. The van der Waals surface area contributed by atoms with Crippen molar-refractivity contribution in [1.29, 1.82) is 0 Å². The number of ether oxygens (including phenoxy) is 1. The molecule has 0 saturated heterocycles. The summed E-state index contributed by atoms with van der Waals surface area (Å²) in [6.07, 6.45) is 2.07. The van der Waals surface area contributed by atoms with E-state index in [4.69, 9.17) is 33.7 Å². The molecule has 1 saturated carbocycles. The van der Waals surface area contributed by atoms with Crippen LogP contribution in [-0.4, -0.2) is 33.5 Å². The third-order valence-corrected chi connectivity index (χ3v) is 5.97. The Hall–Kier alpha value is -2.65. The van der Waals surface area contributed by atoms with Gasteiger partial charge >= 0.3 is 6.03 Å². The molecule has 2 heterocycles. The highest BCUT2D eigenvalue weighted by Crippen LogP contribution is 2.42. The van der Waals surface area contributed by atoms with Crippen LogP contribution in [0.2, 0.25) is 10.0 Å². The van der Waals surface area contributed by atoms with Gasteiger partial charge in [0.1, 0.15) is 5.75 Å². The molecule has 1 aliphatic carbocycles. The van der Waals surface area contributed by atoms with Gasteiger partial charge in [-0.2, -0.15) is 8.78 Å². The van der Waals surface area contributed by atoms with Gasteiger partial charge in [0.2, 0.25) is 5.95 Å². The van der Waals surface area contributed by atoms with Crippen LogP contribution >= 0.6 is 23.2 Å². The lowest BCUT2D eigenvalue weighted by Gasteiger charge is -2.28. The third kappa shape index (κ3) is 4.88. The first-order valence-electron chi connectivity index (χ1n) is 10.2. The molecule has 1 fully saturated rings. The second-order valence-corrected chi connectivity index (χ2v) is 8.52. The molecule has 32 heavy (non-hydrogen) atoms. The van der Waals surface area contributed by atoms with E-state index in [0.717, 1.165) is 25.3 Å². The number of amides is 2. The van der Waals surface area contributed by atoms with Crippen LogP contribution in [0.15, 0.2) is 24.3 Å². The Morgan fingerprint density at radius 3 is 2.75 bits per heavy atom. The van der Waals surface area contributed by atoms with Crippen LogP contribution in [0.5, 0.6) is 5.75 Å². The topological polar surface area (TPSA) is 93.4 Å². The molecule has 0 bridgehead atoms. The number of rotatable bonds is 6. The fourth-order valence-corrected chi connectivity index (χ4v) is 4.24. The minimum Gasteiger partial charge on any atom is -0.492 e. The molecular formula is C21H21Cl2F2N5O2. The molecule has 11 heteroatoms. The first-order chi connectivity index (χ1) is 15.3. The van der Waals surface area contributed by atoms with Crippen molar-refractivity contribution in [3.05, 3.63) is 45.6 Å². The zero-order chi connectivity index (χ0) is 22.8. The number of nitrogen functional groups attached to an aromatic ring is 1. The minimum atomic E-state index is -1.78. The van der Waals surface area contributed by atoms with E-state index in [1.165, 1.54) is 6.07 Å². The zero-order valence-corrected chi connectivity index (χ0v) is 18.5. The average molecular weight is 484 g/mol. The molecular weight excluding hydrogens is 463 g/mol. The number of nitrogens with one attached hydrogen (secondary N) is 1. The Balaban J connectivity index is 1.65. The number of carbonyl (C=O) groups is 1. The van der Waals surface area contributed by atoms with Crippen LogP contribution < -0.4 is 15.8 Å². The van der Waals surface area contributed by atoms with E-state index >= 15 is 0 Å². The first kappa shape index (κ1) is 22.5. The maximum atomic E-state index is 12.7. The van der Waals surface area contributed by atoms with Crippen molar-refractivity contribution < 1.29 is 18.3 Å². The standard InChI is InChI=1S/C21H21Cl2F2N5O2/c22-11-7-14(23)18(16(8-11)32-6-2-5-17(24)25)19-13-9-30(10-15(13)28-20(26)29-19)21(31)27-12-3-1-4-12/h5,7-8,12H,1-4,6,9-10H2,(H,27,31)(H2,26,28,29). The molecule has 2 aliphatic rings. The molecule has 170 valence electrons. The Morgan fingerprint density at radius 1 is 1.28 bits per heavy atom. The number of nitrogens with two attached hydrogens (primary N) is 1. The molecule has 1 aromatic carbocycles. The van der Waals surface area contributed by atoms with Crippen LogP contribution in [0, 0.1) is 0 Å². The second-order valence-electron chi connectivity index (χ2n) is 7.68. The summed E-state index contributed by atoms with van der Waals surface area (Å²) in [7, 11) is 0. The Kier molecular flexibility index (Phi) is 6.66. The molecule has 7 nitrogen and oxygen atoms in total. The van der Waals surface area contributed by atoms with Crippen molar-refractivity contribution in [2.45, 2.75) is 44.8 Å². The fraction of sp³-hybridized carbons (Fsp3) is 0.381. The first-order valence-corrected chi connectivity index (χ1v) is 10.9. The van der Waals surface area contributed by atoms with Crippen molar-refractivity contribution in [1.82, 2.24) is 20.2 Å². The number of aromatic nitrogens is 2. The van der Waals surface area contributed by atoms with Gasteiger partial charge in [0, 0.05) is 23.0 Å². The van der Waals surface area contributed by atoms with Gasteiger partial charge in [-0.25, -0.2) is 14.8 Å². The highest BCUT2D eigenvalue weighted by molar-refractivity contribution is 6.37. The SMILES string of the molecule is Nc1nc2c(c(-c3c(Cl)cc(Cl)cc3OCCC=C(F)F)n1)CN(C(=O)NC1CCC1)C2. The van der Waals surface area contributed by atoms with Crippen molar-refractivity contribution in [2.24, 2.45) is 0 Å². The summed E-state index contributed by atoms with van der Waals surface area (Å²) in [4.78, 5) is 23.0. The van der Waals surface area contributed by atoms with Gasteiger partial charge in [-0.1, -0.05) is 23.2 Å². The van der Waals surface area contributed by atoms with Crippen LogP contribution in [0.4, 0.5) is 19.5 Å². The number of urea groups is 1. The molecule has 1 aliphatic heterocycles. The molecule has 1 aromatic heterocycles. The average Bonchev–Trinajstić information content (AvgIpc) is 3.11. The van der Waals surface area contributed by atoms with Gasteiger partial charge in [-0.3, -0.25) is 0 Å². The van der Waals surface area contributed by atoms with Crippen LogP contribution in [0.3, 0.4) is 0 Å².